The van der Waals surface area contributed by atoms with Crippen LogP contribution in [0.5, 0.6) is 0 Å². The van der Waals surface area contributed by atoms with Gasteiger partial charge in [-0.1, -0.05) is 41.5 Å². The molecule has 0 fully saturated rings. The van der Waals surface area contributed by atoms with Crippen molar-refractivity contribution in [2.75, 3.05) is 20.6 Å². The van der Waals surface area contributed by atoms with Gasteiger partial charge in [-0.2, -0.15) is 0 Å². The molecule has 0 aromatic heterocycles. The number of benzene rings is 2. The third-order valence-corrected chi connectivity index (χ3v) is 4.09. The molecule has 0 radical (unpaired) electrons. The Kier molecular flexibility index (Phi) is 7.21. The first-order chi connectivity index (χ1) is 12.5. The second-order valence-electron chi connectivity index (χ2n) is 6.38. The zero-order chi connectivity index (χ0) is 18.9. The number of hydrogen-bond acceptors (Lipinski definition) is 2. The lowest BCUT2D eigenvalue weighted by Crippen LogP contribution is -2.37. The van der Waals surface area contributed by atoms with E-state index in [2.05, 4.69) is 53.0 Å². The Morgan fingerprint density at radius 3 is 2.38 bits per heavy atom. The van der Waals surface area contributed by atoms with Crippen LogP contribution in [0.2, 0.25) is 0 Å². The monoisotopic (exact) mass is 352 g/mol. The number of carbonyl (C=O) groups excluding carboxylic acids is 1. The molecule has 26 heavy (non-hydrogen) atoms. The van der Waals surface area contributed by atoms with E-state index in [9.17, 15) is 4.79 Å². The lowest BCUT2D eigenvalue weighted by molar-refractivity contribution is 0.0963. The van der Waals surface area contributed by atoms with Gasteiger partial charge in [0.15, 0.2) is 5.96 Å². The van der Waals surface area contributed by atoms with Crippen molar-refractivity contribution in [3.05, 3.63) is 70.3 Å². The van der Waals surface area contributed by atoms with Crippen LogP contribution in [-0.4, -0.2) is 32.5 Å². The average molecular weight is 352 g/mol. The van der Waals surface area contributed by atoms with Gasteiger partial charge >= 0.3 is 0 Å². The van der Waals surface area contributed by atoms with E-state index >= 15 is 0 Å². The van der Waals surface area contributed by atoms with Crippen molar-refractivity contribution < 1.29 is 4.79 Å². The lowest BCUT2D eigenvalue weighted by Gasteiger charge is -2.13. The van der Waals surface area contributed by atoms with Crippen molar-refractivity contribution in [2.45, 2.75) is 26.8 Å². The Morgan fingerprint density at radius 1 is 1.00 bits per heavy atom. The van der Waals surface area contributed by atoms with E-state index in [1.54, 1.807) is 20.2 Å². The highest BCUT2D eigenvalue weighted by Crippen LogP contribution is 2.09. The van der Waals surface area contributed by atoms with Crippen LogP contribution in [0.3, 0.4) is 0 Å². The number of hydrogen-bond donors (Lipinski definition) is 3. The fourth-order valence-corrected chi connectivity index (χ4v) is 2.91. The summed E-state index contributed by atoms with van der Waals surface area (Å²) in [6.07, 6.45) is 0.940. The van der Waals surface area contributed by atoms with Crippen LogP contribution in [-0.2, 0) is 13.0 Å². The molecule has 2 aromatic rings. The van der Waals surface area contributed by atoms with Gasteiger partial charge in [0.1, 0.15) is 0 Å². The van der Waals surface area contributed by atoms with Gasteiger partial charge in [0.2, 0.25) is 0 Å². The highest BCUT2D eigenvalue weighted by atomic mass is 16.1. The number of nitrogens with one attached hydrogen (secondary N) is 3. The number of carbonyl (C=O) groups is 1. The van der Waals surface area contributed by atoms with Gasteiger partial charge in [-0.05, 0) is 43.5 Å². The molecule has 0 atom stereocenters. The van der Waals surface area contributed by atoms with Gasteiger partial charge in [-0.3, -0.25) is 9.79 Å². The predicted octanol–water partition coefficient (Wildman–Crippen LogP) is 2.57. The van der Waals surface area contributed by atoms with Gasteiger partial charge < -0.3 is 16.0 Å². The molecule has 0 heterocycles. The summed E-state index contributed by atoms with van der Waals surface area (Å²) in [6.45, 7) is 5.66. The summed E-state index contributed by atoms with van der Waals surface area (Å²) in [6, 6.07) is 14.2. The van der Waals surface area contributed by atoms with E-state index in [0.717, 1.165) is 24.5 Å². The number of nitrogens with zero attached hydrogens (tertiary/aromatic N) is 1. The molecule has 5 nitrogen and oxygen atoms in total. The number of guanidine groups is 1. The highest BCUT2D eigenvalue weighted by molar-refractivity contribution is 5.94. The van der Waals surface area contributed by atoms with Crippen LogP contribution in [0.25, 0.3) is 0 Å². The summed E-state index contributed by atoms with van der Waals surface area (Å²) in [5.74, 6) is 0.669. The molecule has 0 saturated heterocycles. The molecule has 0 saturated carbocycles. The summed E-state index contributed by atoms with van der Waals surface area (Å²) in [7, 11) is 3.39. The van der Waals surface area contributed by atoms with Crippen molar-refractivity contribution >= 4 is 11.9 Å². The molecule has 5 heteroatoms. The minimum atomic E-state index is -0.0807. The van der Waals surface area contributed by atoms with E-state index in [4.69, 9.17) is 0 Å². The molecule has 138 valence electrons. The van der Waals surface area contributed by atoms with Gasteiger partial charge in [-0.15, -0.1) is 0 Å². The van der Waals surface area contributed by atoms with Gasteiger partial charge in [0.25, 0.3) is 5.91 Å². The van der Waals surface area contributed by atoms with E-state index in [1.165, 1.54) is 16.7 Å². The third-order valence-electron chi connectivity index (χ3n) is 4.09. The normalized spacial score (nSPS) is 11.2. The molecular formula is C21H28N4O. The fraction of sp³-hybridized carbons (Fsp3) is 0.333. The minimum Gasteiger partial charge on any atom is -0.356 e. The van der Waals surface area contributed by atoms with E-state index in [0.29, 0.717) is 12.1 Å². The average Bonchev–Trinajstić information content (AvgIpc) is 2.63. The highest BCUT2D eigenvalue weighted by Gasteiger charge is 2.04. The molecule has 0 bridgehead atoms. The van der Waals surface area contributed by atoms with Crippen LogP contribution in [0.4, 0.5) is 0 Å². The maximum Gasteiger partial charge on any atom is 0.251 e. The quantitative estimate of drug-likeness (QED) is 0.553. The summed E-state index contributed by atoms with van der Waals surface area (Å²) < 4.78 is 0. The molecular weight excluding hydrogens is 324 g/mol. The zero-order valence-electron chi connectivity index (χ0n) is 16.0. The molecule has 2 rings (SSSR count). The largest absolute Gasteiger partial charge is 0.356 e. The van der Waals surface area contributed by atoms with Gasteiger partial charge in [0, 0.05) is 32.7 Å². The Hall–Kier alpha value is -2.82. The summed E-state index contributed by atoms with van der Waals surface area (Å²) in [5.41, 5.74) is 5.59. The van der Waals surface area contributed by atoms with Crippen LogP contribution in [0.15, 0.2) is 47.5 Å². The first-order valence-corrected chi connectivity index (χ1v) is 8.84. The van der Waals surface area contributed by atoms with Crippen molar-refractivity contribution in [2.24, 2.45) is 4.99 Å². The fourth-order valence-electron chi connectivity index (χ4n) is 2.91. The molecule has 0 aliphatic carbocycles. The van der Waals surface area contributed by atoms with E-state index < -0.39 is 0 Å². The van der Waals surface area contributed by atoms with Crippen molar-refractivity contribution in [3.63, 3.8) is 0 Å². The maximum atomic E-state index is 11.7. The van der Waals surface area contributed by atoms with E-state index in [1.807, 2.05) is 18.2 Å². The Bertz CT molecular complexity index is 763. The molecule has 0 aliphatic heterocycles. The number of amides is 1. The summed E-state index contributed by atoms with van der Waals surface area (Å²) >= 11 is 0. The van der Waals surface area contributed by atoms with Crippen molar-refractivity contribution in [1.82, 2.24) is 16.0 Å². The maximum absolute atomic E-state index is 11.7. The first-order valence-electron chi connectivity index (χ1n) is 8.84. The first kappa shape index (κ1) is 19.5. The SMILES string of the molecule is CN=C(NCCc1cc(C)cc(C)c1)NCc1cccc(C(=O)NC)c1. The van der Waals surface area contributed by atoms with Crippen LogP contribution in [0.1, 0.15) is 32.6 Å². The standard InChI is InChI=1S/C21H28N4O/c1-15-10-16(2)12-17(11-15)8-9-24-21(23-4)25-14-18-6-5-7-19(13-18)20(26)22-3/h5-7,10-13H,8-9,14H2,1-4H3,(H,22,26)(H2,23,24,25). The Morgan fingerprint density at radius 2 is 1.73 bits per heavy atom. The summed E-state index contributed by atoms with van der Waals surface area (Å²) in [5, 5.41) is 9.26. The Balaban J connectivity index is 1.85. The molecule has 0 spiro atoms. The van der Waals surface area contributed by atoms with Gasteiger partial charge in [0.05, 0.1) is 0 Å². The topological polar surface area (TPSA) is 65.5 Å². The van der Waals surface area contributed by atoms with Crippen LogP contribution in [0, 0.1) is 13.8 Å². The second kappa shape index (κ2) is 9.61. The predicted molar refractivity (Wildman–Crippen MR) is 108 cm³/mol. The number of rotatable bonds is 6. The molecule has 0 unspecified atom stereocenters. The zero-order valence-corrected chi connectivity index (χ0v) is 16.0. The van der Waals surface area contributed by atoms with Crippen molar-refractivity contribution in [1.29, 1.82) is 0 Å². The summed E-state index contributed by atoms with van der Waals surface area (Å²) in [4.78, 5) is 16.0. The Labute approximate surface area is 155 Å². The molecule has 2 aromatic carbocycles. The van der Waals surface area contributed by atoms with Gasteiger partial charge in [-0.25, -0.2) is 0 Å². The lowest BCUT2D eigenvalue weighted by atomic mass is 10.1. The van der Waals surface area contributed by atoms with Crippen LogP contribution < -0.4 is 16.0 Å². The third kappa shape index (κ3) is 5.92. The smallest absolute Gasteiger partial charge is 0.251 e. The molecule has 1 amide bonds. The molecule has 3 N–H and O–H groups in total. The van der Waals surface area contributed by atoms with Crippen molar-refractivity contribution in [3.8, 4) is 0 Å². The minimum absolute atomic E-state index is 0.0807. The van der Waals surface area contributed by atoms with Crippen LogP contribution >= 0.6 is 0 Å². The second-order valence-corrected chi connectivity index (χ2v) is 6.38. The number of aliphatic imine (C=N–C) groups is 1. The molecule has 0 aliphatic rings. The van der Waals surface area contributed by atoms with E-state index in [-0.39, 0.29) is 5.91 Å². The number of aryl methyl sites for hydroxylation is 2.